The van der Waals surface area contributed by atoms with Crippen LogP contribution in [0.1, 0.15) is 19.0 Å². The first-order valence-electron chi connectivity index (χ1n) is 7.48. The maximum atomic E-state index is 12.0. The van der Waals surface area contributed by atoms with Crippen LogP contribution >= 0.6 is 11.8 Å². The predicted octanol–water partition coefficient (Wildman–Crippen LogP) is 1.72. The van der Waals surface area contributed by atoms with E-state index < -0.39 is 0 Å². The molecule has 24 heavy (non-hydrogen) atoms. The molecule has 0 atom stereocenters. The number of para-hydroxylation sites is 2. The summed E-state index contributed by atoms with van der Waals surface area (Å²) in [5.74, 6) is 0.895. The molecule has 0 unspecified atom stereocenters. The highest BCUT2D eigenvalue weighted by Crippen LogP contribution is 2.13. The summed E-state index contributed by atoms with van der Waals surface area (Å²) in [7, 11) is 0. The minimum atomic E-state index is -0.275. The lowest BCUT2D eigenvalue weighted by Crippen LogP contribution is -2.19. The van der Waals surface area contributed by atoms with Crippen molar-refractivity contribution in [3.05, 3.63) is 40.3 Å². The maximum Gasteiger partial charge on any atom is 0.270 e. The zero-order valence-electron chi connectivity index (χ0n) is 13.0. The van der Waals surface area contributed by atoms with Crippen LogP contribution in [0.3, 0.4) is 0 Å². The van der Waals surface area contributed by atoms with Gasteiger partial charge in [0, 0.05) is 12.8 Å². The second-order valence-corrected chi connectivity index (χ2v) is 6.21. The van der Waals surface area contributed by atoms with Crippen molar-refractivity contribution in [2.24, 2.45) is 0 Å². The number of carbonyl (C=O) groups is 1. The number of benzene rings is 1. The summed E-state index contributed by atoms with van der Waals surface area (Å²) in [6, 6.07) is 7.28. The first-order valence-corrected chi connectivity index (χ1v) is 8.47. The van der Waals surface area contributed by atoms with E-state index in [4.69, 9.17) is 0 Å². The highest BCUT2D eigenvalue weighted by molar-refractivity contribution is 7.99. The Balaban J connectivity index is 1.63. The Morgan fingerprint density at radius 2 is 2.12 bits per heavy atom. The van der Waals surface area contributed by atoms with Gasteiger partial charge in [0.15, 0.2) is 0 Å². The molecule has 1 aromatic carbocycles. The number of nitrogens with one attached hydrogen (secondary N) is 3. The van der Waals surface area contributed by atoms with Crippen LogP contribution in [0.5, 0.6) is 0 Å². The average Bonchev–Trinajstić information content (AvgIpc) is 3.00. The van der Waals surface area contributed by atoms with Gasteiger partial charge in [0.05, 0.1) is 11.0 Å². The second kappa shape index (κ2) is 7.26. The lowest BCUT2D eigenvalue weighted by molar-refractivity contribution is -0.116. The molecule has 0 saturated heterocycles. The molecular formula is C15H16N6O2S. The molecule has 0 saturated carbocycles. The molecule has 0 aliphatic rings. The van der Waals surface area contributed by atoms with Crippen LogP contribution in [0.25, 0.3) is 11.0 Å². The second-order valence-electron chi connectivity index (χ2n) is 4.98. The van der Waals surface area contributed by atoms with Gasteiger partial charge >= 0.3 is 0 Å². The molecule has 0 fully saturated rings. The van der Waals surface area contributed by atoms with Gasteiger partial charge in [-0.3, -0.25) is 14.9 Å². The number of hydrogen-bond acceptors (Lipinski definition) is 6. The number of carbonyl (C=O) groups excluding carboxylic acids is 1. The Morgan fingerprint density at radius 3 is 2.96 bits per heavy atom. The maximum absolute atomic E-state index is 12.0. The lowest BCUT2D eigenvalue weighted by atomic mass is 10.2. The minimum Gasteiger partial charge on any atom is -0.319 e. The number of anilines is 1. The summed E-state index contributed by atoms with van der Waals surface area (Å²) >= 11 is 1.48. The number of rotatable bonds is 6. The van der Waals surface area contributed by atoms with Crippen molar-refractivity contribution >= 4 is 34.7 Å². The SMILES string of the molecule is CCSc1n[nH]c(NC(=O)CCc2nc3ccccc3[nH]c2=O)n1. The third-order valence-corrected chi connectivity index (χ3v) is 3.98. The quantitative estimate of drug-likeness (QED) is 0.586. The normalized spacial score (nSPS) is 10.9. The van der Waals surface area contributed by atoms with E-state index in [1.807, 2.05) is 25.1 Å². The Bertz CT molecular complexity index is 919. The molecule has 8 nitrogen and oxygen atoms in total. The van der Waals surface area contributed by atoms with E-state index in [-0.39, 0.29) is 24.3 Å². The minimum absolute atomic E-state index is 0.130. The summed E-state index contributed by atoms with van der Waals surface area (Å²) in [6.45, 7) is 1.99. The molecule has 3 rings (SSSR count). The molecular weight excluding hydrogens is 328 g/mol. The van der Waals surface area contributed by atoms with Crippen molar-refractivity contribution < 1.29 is 4.79 Å². The van der Waals surface area contributed by atoms with Crippen LogP contribution in [-0.4, -0.2) is 36.8 Å². The fourth-order valence-electron chi connectivity index (χ4n) is 2.16. The van der Waals surface area contributed by atoms with E-state index in [9.17, 15) is 9.59 Å². The number of thioether (sulfide) groups is 1. The number of fused-ring (bicyclic) bond motifs is 1. The van der Waals surface area contributed by atoms with Crippen molar-refractivity contribution in [3.8, 4) is 0 Å². The molecule has 2 aromatic heterocycles. The van der Waals surface area contributed by atoms with Crippen LogP contribution < -0.4 is 10.9 Å². The molecule has 0 aliphatic heterocycles. The van der Waals surface area contributed by atoms with E-state index >= 15 is 0 Å². The van der Waals surface area contributed by atoms with Crippen LogP contribution in [0.2, 0.25) is 0 Å². The first-order chi connectivity index (χ1) is 11.7. The highest BCUT2D eigenvalue weighted by Gasteiger charge is 2.10. The molecule has 3 aromatic rings. The van der Waals surface area contributed by atoms with Gasteiger partial charge in [-0.2, -0.15) is 4.98 Å². The van der Waals surface area contributed by atoms with Gasteiger partial charge in [0.2, 0.25) is 17.0 Å². The molecule has 1 amide bonds. The number of aryl methyl sites for hydroxylation is 1. The third-order valence-electron chi connectivity index (χ3n) is 3.25. The standard InChI is InChI=1S/C15H16N6O2S/c1-2-24-15-19-14(20-21-15)18-12(22)8-7-11-13(23)17-10-6-4-3-5-9(10)16-11/h3-6H,2,7-8H2,1H3,(H,17,23)(H2,18,19,20,21,22). The molecule has 2 heterocycles. The summed E-state index contributed by atoms with van der Waals surface area (Å²) in [6.07, 6.45) is 0.377. The number of H-pyrrole nitrogens is 2. The van der Waals surface area contributed by atoms with Crippen molar-refractivity contribution in [1.29, 1.82) is 0 Å². The summed E-state index contributed by atoms with van der Waals surface area (Å²) in [4.78, 5) is 35.2. The summed E-state index contributed by atoms with van der Waals surface area (Å²) in [5.41, 5.74) is 1.44. The number of aromatic nitrogens is 5. The molecule has 0 radical (unpaired) electrons. The highest BCUT2D eigenvalue weighted by atomic mass is 32.2. The fraction of sp³-hybridized carbons (Fsp3) is 0.267. The van der Waals surface area contributed by atoms with Crippen LogP contribution in [0.15, 0.2) is 34.2 Å². The number of nitrogens with zero attached hydrogens (tertiary/aromatic N) is 3. The zero-order valence-corrected chi connectivity index (χ0v) is 13.8. The first kappa shape index (κ1) is 16.2. The summed E-state index contributed by atoms with van der Waals surface area (Å²) < 4.78 is 0. The van der Waals surface area contributed by atoms with E-state index in [2.05, 4.69) is 30.5 Å². The Labute approximate surface area is 141 Å². The monoisotopic (exact) mass is 344 g/mol. The van der Waals surface area contributed by atoms with Gasteiger partial charge in [0.1, 0.15) is 5.69 Å². The third kappa shape index (κ3) is 3.80. The Hall–Kier alpha value is -2.68. The molecule has 0 bridgehead atoms. The van der Waals surface area contributed by atoms with E-state index in [1.54, 1.807) is 6.07 Å². The van der Waals surface area contributed by atoms with Gasteiger partial charge < -0.3 is 4.98 Å². The number of amides is 1. The topological polar surface area (TPSA) is 116 Å². The van der Waals surface area contributed by atoms with Gasteiger partial charge in [-0.25, -0.2) is 10.1 Å². The fourth-order valence-corrected chi connectivity index (χ4v) is 2.68. The molecule has 3 N–H and O–H groups in total. The molecule has 9 heteroatoms. The van der Waals surface area contributed by atoms with E-state index in [0.717, 1.165) is 5.75 Å². The molecule has 124 valence electrons. The van der Waals surface area contributed by atoms with Gasteiger partial charge in [-0.1, -0.05) is 30.8 Å². The van der Waals surface area contributed by atoms with Gasteiger partial charge in [0.25, 0.3) is 5.56 Å². The largest absolute Gasteiger partial charge is 0.319 e. The number of aromatic amines is 2. The van der Waals surface area contributed by atoms with Crippen LogP contribution in [0.4, 0.5) is 5.95 Å². The lowest BCUT2D eigenvalue weighted by Gasteiger charge is -2.03. The van der Waals surface area contributed by atoms with Gasteiger partial charge in [-0.05, 0) is 17.9 Å². The molecule has 0 spiro atoms. The smallest absolute Gasteiger partial charge is 0.270 e. The number of hydrogen-bond donors (Lipinski definition) is 3. The van der Waals surface area contributed by atoms with Crippen molar-refractivity contribution in [1.82, 2.24) is 25.1 Å². The Morgan fingerprint density at radius 1 is 1.29 bits per heavy atom. The van der Waals surface area contributed by atoms with Gasteiger partial charge in [-0.15, -0.1) is 5.10 Å². The molecule has 0 aliphatic carbocycles. The van der Waals surface area contributed by atoms with E-state index in [0.29, 0.717) is 27.8 Å². The van der Waals surface area contributed by atoms with Crippen LogP contribution in [0, 0.1) is 0 Å². The predicted molar refractivity (Wildman–Crippen MR) is 92.1 cm³/mol. The van der Waals surface area contributed by atoms with Crippen molar-refractivity contribution in [2.45, 2.75) is 24.9 Å². The van der Waals surface area contributed by atoms with Crippen LogP contribution in [-0.2, 0) is 11.2 Å². The zero-order chi connectivity index (χ0) is 16.9. The van der Waals surface area contributed by atoms with Crippen molar-refractivity contribution in [3.63, 3.8) is 0 Å². The average molecular weight is 344 g/mol. The summed E-state index contributed by atoms with van der Waals surface area (Å²) in [5, 5.41) is 9.84. The van der Waals surface area contributed by atoms with E-state index in [1.165, 1.54) is 11.8 Å². The Kier molecular flexibility index (Phi) is 4.90. The van der Waals surface area contributed by atoms with Crippen molar-refractivity contribution in [2.75, 3.05) is 11.1 Å².